The third-order valence-corrected chi connectivity index (χ3v) is 6.03. The molecule has 1 unspecified atom stereocenters. The average molecular weight is 446 g/mol. The van der Waals surface area contributed by atoms with Crippen molar-refractivity contribution in [2.45, 2.75) is 26.3 Å². The van der Waals surface area contributed by atoms with Crippen LogP contribution >= 0.6 is 11.6 Å². The molecule has 3 N–H and O–H groups in total. The van der Waals surface area contributed by atoms with Crippen molar-refractivity contribution in [1.29, 1.82) is 0 Å². The number of para-hydroxylation sites is 1. The van der Waals surface area contributed by atoms with Crippen molar-refractivity contribution in [3.05, 3.63) is 100 Å². The van der Waals surface area contributed by atoms with Gasteiger partial charge in [0.25, 0.3) is 5.91 Å². The minimum Gasteiger partial charge on any atom is -0.361 e. The molecule has 0 saturated heterocycles. The Hall–Kier alpha value is -3.57. The van der Waals surface area contributed by atoms with Gasteiger partial charge in [-0.1, -0.05) is 54.1 Å². The van der Waals surface area contributed by atoms with Gasteiger partial charge in [0.15, 0.2) is 0 Å². The number of anilines is 1. The lowest BCUT2D eigenvalue weighted by atomic mass is 10.0. The van der Waals surface area contributed by atoms with Crippen LogP contribution in [-0.4, -0.2) is 22.8 Å². The molecule has 6 heteroatoms. The van der Waals surface area contributed by atoms with Gasteiger partial charge < -0.3 is 15.6 Å². The van der Waals surface area contributed by atoms with Gasteiger partial charge in [0, 0.05) is 29.2 Å². The van der Waals surface area contributed by atoms with Gasteiger partial charge >= 0.3 is 0 Å². The van der Waals surface area contributed by atoms with Gasteiger partial charge in [-0.15, -0.1) is 0 Å². The molecule has 0 aliphatic carbocycles. The molecule has 2 amide bonds. The molecule has 5 nitrogen and oxygen atoms in total. The number of rotatable bonds is 6. The van der Waals surface area contributed by atoms with Crippen LogP contribution in [0.1, 0.15) is 27.0 Å². The van der Waals surface area contributed by atoms with E-state index in [2.05, 4.69) is 15.6 Å². The Bertz CT molecular complexity index is 1300. The van der Waals surface area contributed by atoms with Crippen molar-refractivity contribution in [2.24, 2.45) is 0 Å². The number of halogens is 1. The van der Waals surface area contributed by atoms with Crippen molar-refractivity contribution in [3.8, 4) is 0 Å². The molecule has 1 aromatic heterocycles. The van der Waals surface area contributed by atoms with Gasteiger partial charge in [-0.2, -0.15) is 0 Å². The van der Waals surface area contributed by atoms with E-state index in [-0.39, 0.29) is 5.91 Å². The highest BCUT2D eigenvalue weighted by Gasteiger charge is 2.24. The minimum absolute atomic E-state index is 0.288. The summed E-state index contributed by atoms with van der Waals surface area (Å²) in [4.78, 5) is 29.5. The minimum atomic E-state index is -0.794. The Morgan fingerprint density at radius 3 is 2.53 bits per heavy atom. The fraction of sp³-hybridized carbons (Fsp3) is 0.154. The van der Waals surface area contributed by atoms with E-state index in [1.165, 1.54) is 0 Å². The van der Waals surface area contributed by atoms with Gasteiger partial charge in [0.2, 0.25) is 5.91 Å². The molecule has 0 bridgehead atoms. The van der Waals surface area contributed by atoms with Crippen molar-refractivity contribution in [2.75, 3.05) is 5.32 Å². The molecule has 162 valence electrons. The zero-order chi connectivity index (χ0) is 22.7. The lowest BCUT2D eigenvalue weighted by Crippen LogP contribution is -2.45. The first kappa shape index (κ1) is 21.7. The summed E-state index contributed by atoms with van der Waals surface area (Å²) < 4.78 is 0. The Labute approximate surface area is 191 Å². The Kier molecular flexibility index (Phi) is 6.28. The van der Waals surface area contributed by atoms with Crippen molar-refractivity contribution in [3.63, 3.8) is 0 Å². The van der Waals surface area contributed by atoms with Gasteiger partial charge in [0.1, 0.15) is 6.04 Å². The number of carbonyl (C=O) groups is 2. The van der Waals surface area contributed by atoms with Crippen LogP contribution in [0.25, 0.3) is 10.9 Å². The first-order chi connectivity index (χ1) is 15.4. The molecule has 1 atom stereocenters. The lowest BCUT2D eigenvalue weighted by molar-refractivity contribution is -0.118. The molecule has 1 heterocycles. The number of H-pyrrole nitrogens is 1. The quantitative estimate of drug-likeness (QED) is 0.371. The Balaban J connectivity index is 1.64. The lowest BCUT2D eigenvalue weighted by Gasteiger charge is -2.20. The normalized spacial score (nSPS) is 11.8. The van der Waals surface area contributed by atoms with Crippen LogP contribution in [0.15, 0.2) is 72.9 Å². The van der Waals surface area contributed by atoms with Crippen molar-refractivity contribution < 1.29 is 9.59 Å². The van der Waals surface area contributed by atoms with Crippen molar-refractivity contribution >= 4 is 40.0 Å². The number of benzene rings is 3. The third-order valence-electron chi connectivity index (χ3n) is 5.70. The summed E-state index contributed by atoms with van der Waals surface area (Å²) >= 11 is 6.20. The monoisotopic (exact) mass is 445 g/mol. The highest BCUT2D eigenvalue weighted by molar-refractivity contribution is 6.33. The van der Waals surface area contributed by atoms with E-state index in [1.807, 2.05) is 62.5 Å². The first-order valence-electron chi connectivity index (χ1n) is 10.4. The number of carbonyl (C=O) groups excluding carboxylic acids is 2. The maximum absolute atomic E-state index is 13.3. The maximum Gasteiger partial charge on any atom is 0.253 e. The summed E-state index contributed by atoms with van der Waals surface area (Å²) in [6.07, 6.45) is 2.21. The summed E-state index contributed by atoms with van der Waals surface area (Å²) in [5, 5.41) is 7.22. The molecule has 4 aromatic rings. The van der Waals surface area contributed by atoms with E-state index in [4.69, 9.17) is 11.6 Å². The van der Waals surface area contributed by atoms with Crippen LogP contribution in [-0.2, 0) is 11.2 Å². The summed E-state index contributed by atoms with van der Waals surface area (Å²) in [6.45, 7) is 3.95. The number of nitrogens with one attached hydrogen (secondary N) is 3. The predicted molar refractivity (Wildman–Crippen MR) is 129 cm³/mol. The van der Waals surface area contributed by atoms with Gasteiger partial charge in [-0.3, -0.25) is 9.59 Å². The topological polar surface area (TPSA) is 74.0 Å². The van der Waals surface area contributed by atoms with Gasteiger partial charge in [0.05, 0.1) is 10.6 Å². The second-order valence-electron chi connectivity index (χ2n) is 7.81. The Morgan fingerprint density at radius 1 is 0.969 bits per heavy atom. The van der Waals surface area contributed by atoms with E-state index >= 15 is 0 Å². The van der Waals surface area contributed by atoms with Crippen LogP contribution in [0, 0.1) is 13.8 Å². The second-order valence-corrected chi connectivity index (χ2v) is 8.21. The van der Waals surface area contributed by atoms with Crippen LogP contribution < -0.4 is 10.6 Å². The highest BCUT2D eigenvalue weighted by atomic mass is 35.5. The summed E-state index contributed by atoms with van der Waals surface area (Å²) in [5.74, 6) is -0.680. The molecule has 3 aromatic carbocycles. The fourth-order valence-corrected chi connectivity index (χ4v) is 3.94. The van der Waals surface area contributed by atoms with Crippen LogP contribution in [0.2, 0.25) is 5.02 Å². The van der Waals surface area contributed by atoms with Gasteiger partial charge in [-0.05, 0) is 54.8 Å². The molecule has 0 fully saturated rings. The SMILES string of the molecule is Cc1cccc(NC(=O)C(Cc2c[nH]c3ccccc23)NC(=O)c2ccccc2Cl)c1C. The summed E-state index contributed by atoms with van der Waals surface area (Å²) in [5.41, 5.74) is 5.05. The first-order valence-corrected chi connectivity index (χ1v) is 10.8. The largest absolute Gasteiger partial charge is 0.361 e. The summed E-state index contributed by atoms with van der Waals surface area (Å²) in [6, 6.07) is 19.6. The molecule has 0 radical (unpaired) electrons. The van der Waals surface area contributed by atoms with E-state index in [0.717, 1.165) is 33.3 Å². The number of hydrogen-bond donors (Lipinski definition) is 3. The van der Waals surface area contributed by atoms with E-state index in [0.29, 0.717) is 17.0 Å². The average Bonchev–Trinajstić information content (AvgIpc) is 3.19. The number of fused-ring (bicyclic) bond motifs is 1. The molecule has 0 aliphatic heterocycles. The number of amides is 2. The molecule has 0 aliphatic rings. The smallest absolute Gasteiger partial charge is 0.253 e. The predicted octanol–water partition coefficient (Wildman–Crippen LogP) is 5.42. The number of aromatic amines is 1. The van der Waals surface area contributed by atoms with Crippen LogP contribution in [0.3, 0.4) is 0 Å². The fourth-order valence-electron chi connectivity index (χ4n) is 3.72. The molecule has 0 spiro atoms. The zero-order valence-electron chi connectivity index (χ0n) is 17.9. The van der Waals surface area contributed by atoms with E-state index < -0.39 is 11.9 Å². The standard InChI is InChI=1S/C26H24ClN3O2/c1-16-8-7-13-22(17(16)2)29-26(32)24(30-25(31)20-10-3-5-11-21(20)27)14-18-15-28-23-12-6-4-9-19(18)23/h3-13,15,24,28H,14H2,1-2H3,(H,29,32)(H,30,31). The molecule has 4 rings (SSSR count). The summed E-state index contributed by atoms with van der Waals surface area (Å²) in [7, 11) is 0. The second kappa shape index (κ2) is 9.28. The van der Waals surface area contributed by atoms with Crippen LogP contribution in [0.4, 0.5) is 5.69 Å². The number of aromatic nitrogens is 1. The highest BCUT2D eigenvalue weighted by Crippen LogP contribution is 2.22. The van der Waals surface area contributed by atoms with E-state index in [9.17, 15) is 9.59 Å². The molecule has 0 saturated carbocycles. The zero-order valence-corrected chi connectivity index (χ0v) is 18.7. The van der Waals surface area contributed by atoms with Crippen LogP contribution in [0.5, 0.6) is 0 Å². The molecule has 32 heavy (non-hydrogen) atoms. The molecular weight excluding hydrogens is 422 g/mol. The maximum atomic E-state index is 13.3. The Morgan fingerprint density at radius 2 is 1.72 bits per heavy atom. The van der Waals surface area contributed by atoms with E-state index in [1.54, 1.807) is 24.3 Å². The molecular formula is C26H24ClN3O2. The third kappa shape index (κ3) is 4.53. The van der Waals surface area contributed by atoms with Crippen molar-refractivity contribution in [1.82, 2.24) is 10.3 Å². The van der Waals surface area contributed by atoms with Gasteiger partial charge in [-0.25, -0.2) is 0 Å². The number of hydrogen-bond acceptors (Lipinski definition) is 2. The number of aryl methyl sites for hydroxylation is 1.